The topological polar surface area (TPSA) is 61.8 Å². The number of nitrogens with zero attached hydrogens (tertiary/aromatic N) is 1. The van der Waals surface area contributed by atoms with Gasteiger partial charge in [-0.1, -0.05) is 30.3 Å². The Labute approximate surface area is 208 Å². The Kier molecular flexibility index (Phi) is 7.84. The molecule has 1 saturated heterocycles. The van der Waals surface area contributed by atoms with Crippen LogP contribution in [0, 0.1) is 5.92 Å². The predicted octanol–water partition coefficient (Wildman–Crippen LogP) is 6.33. The van der Waals surface area contributed by atoms with E-state index in [2.05, 4.69) is 10.2 Å². The number of ether oxygens (including phenoxy) is 1. The lowest BCUT2D eigenvalue weighted by molar-refractivity contribution is -0.137. The number of nitrogens with one attached hydrogen (secondary N) is 1. The summed E-state index contributed by atoms with van der Waals surface area (Å²) in [6.07, 6.45) is -3.00. The van der Waals surface area contributed by atoms with E-state index in [-0.39, 0.29) is 17.6 Å². The van der Waals surface area contributed by atoms with Gasteiger partial charge in [-0.2, -0.15) is 13.2 Å². The van der Waals surface area contributed by atoms with E-state index >= 15 is 0 Å². The third kappa shape index (κ3) is 6.37. The normalized spacial score (nSPS) is 15.0. The fraction of sp³-hybridized carbons (Fsp3) is 0.321. The molecule has 1 amide bonds. The molecular formula is C28H29F3N2O3. The number of alkyl halides is 3. The second-order valence-corrected chi connectivity index (χ2v) is 8.93. The molecule has 0 radical (unpaired) electrons. The summed E-state index contributed by atoms with van der Waals surface area (Å²) in [5.41, 5.74) is 1.93. The molecule has 0 spiro atoms. The van der Waals surface area contributed by atoms with Crippen molar-refractivity contribution in [2.75, 3.05) is 25.0 Å². The largest absolute Gasteiger partial charge is 0.504 e. The summed E-state index contributed by atoms with van der Waals surface area (Å²) in [4.78, 5) is 15.2. The van der Waals surface area contributed by atoms with Crippen LogP contribution >= 0.6 is 0 Å². The summed E-state index contributed by atoms with van der Waals surface area (Å²) in [6, 6.07) is 17.4. The number of hydrogen-bond donors (Lipinski definition) is 2. The Hall–Kier alpha value is -3.52. The summed E-state index contributed by atoms with van der Waals surface area (Å²) in [5, 5.41) is 12.8. The molecule has 8 heteroatoms. The van der Waals surface area contributed by atoms with Gasteiger partial charge in [0.05, 0.1) is 12.2 Å². The van der Waals surface area contributed by atoms with E-state index in [1.54, 1.807) is 36.4 Å². The van der Waals surface area contributed by atoms with Gasteiger partial charge in [0.15, 0.2) is 11.5 Å². The molecule has 0 bridgehead atoms. The lowest BCUT2D eigenvalue weighted by Crippen LogP contribution is -2.37. The molecule has 0 atom stereocenters. The maximum Gasteiger partial charge on any atom is 0.416 e. The van der Waals surface area contributed by atoms with Crippen molar-refractivity contribution in [3.05, 3.63) is 77.9 Å². The van der Waals surface area contributed by atoms with Gasteiger partial charge in [0, 0.05) is 18.2 Å². The first kappa shape index (κ1) is 25.6. The van der Waals surface area contributed by atoms with Crippen LogP contribution in [0.5, 0.6) is 11.5 Å². The molecule has 190 valence electrons. The third-order valence-electron chi connectivity index (χ3n) is 6.34. The molecule has 3 aromatic carbocycles. The second-order valence-electron chi connectivity index (χ2n) is 8.93. The van der Waals surface area contributed by atoms with Crippen molar-refractivity contribution in [2.45, 2.75) is 32.5 Å². The summed E-state index contributed by atoms with van der Waals surface area (Å²) >= 11 is 0. The lowest BCUT2D eigenvalue weighted by Gasteiger charge is -2.31. The molecule has 3 aromatic rings. The molecular weight excluding hydrogens is 469 g/mol. The third-order valence-corrected chi connectivity index (χ3v) is 6.34. The summed E-state index contributed by atoms with van der Waals surface area (Å²) in [6.45, 7) is 4.55. The molecule has 0 aromatic heterocycles. The molecule has 4 rings (SSSR count). The highest BCUT2D eigenvalue weighted by Gasteiger charge is 2.30. The second kappa shape index (κ2) is 11.0. The van der Waals surface area contributed by atoms with E-state index < -0.39 is 11.7 Å². The number of hydrogen-bond acceptors (Lipinski definition) is 4. The maximum absolute atomic E-state index is 13.1. The number of carbonyl (C=O) groups is 1. The van der Waals surface area contributed by atoms with Crippen LogP contribution in [0.1, 0.15) is 30.9 Å². The van der Waals surface area contributed by atoms with Crippen LogP contribution in [-0.4, -0.2) is 35.6 Å². The van der Waals surface area contributed by atoms with Crippen LogP contribution in [0.4, 0.5) is 18.9 Å². The van der Waals surface area contributed by atoms with E-state index in [1.165, 1.54) is 6.07 Å². The van der Waals surface area contributed by atoms with Crippen LogP contribution in [0.15, 0.2) is 66.7 Å². The number of phenolic OH excluding ortho intramolecular Hbond substituents is 1. The van der Waals surface area contributed by atoms with Crippen molar-refractivity contribution >= 4 is 11.6 Å². The smallest absolute Gasteiger partial charge is 0.416 e. The standard InChI is InChI=1S/C28H29F3N2O3/c1-2-36-26-15-19(9-10-25(26)34)18-33-13-11-20(12-14-33)27(35)32-24-8-4-6-22(17-24)21-5-3-7-23(16-21)28(29,30)31/h3-10,15-17,20,34H,2,11-14,18H2,1H3,(H,32,35). The molecule has 5 nitrogen and oxygen atoms in total. The van der Waals surface area contributed by atoms with Crippen LogP contribution in [0.3, 0.4) is 0 Å². The van der Waals surface area contributed by atoms with Crippen molar-refractivity contribution in [1.82, 2.24) is 4.90 Å². The summed E-state index contributed by atoms with van der Waals surface area (Å²) in [7, 11) is 0. The number of anilines is 1. The minimum atomic E-state index is -4.41. The fourth-order valence-corrected chi connectivity index (χ4v) is 4.44. The molecule has 1 fully saturated rings. The van der Waals surface area contributed by atoms with Crippen LogP contribution < -0.4 is 10.1 Å². The first-order valence-electron chi connectivity index (χ1n) is 12.0. The lowest BCUT2D eigenvalue weighted by atomic mass is 9.95. The number of likely N-dealkylation sites (tertiary alicyclic amines) is 1. The number of rotatable bonds is 7. The average Bonchev–Trinajstić information content (AvgIpc) is 2.86. The minimum Gasteiger partial charge on any atom is -0.504 e. The van der Waals surface area contributed by atoms with Crippen LogP contribution in [0.2, 0.25) is 0 Å². The van der Waals surface area contributed by atoms with Crippen molar-refractivity contribution in [3.63, 3.8) is 0 Å². The van der Waals surface area contributed by atoms with Crippen molar-refractivity contribution in [3.8, 4) is 22.6 Å². The first-order chi connectivity index (χ1) is 17.2. The summed E-state index contributed by atoms with van der Waals surface area (Å²) < 4.78 is 44.7. The highest BCUT2D eigenvalue weighted by Crippen LogP contribution is 2.33. The zero-order valence-electron chi connectivity index (χ0n) is 20.0. The highest BCUT2D eigenvalue weighted by atomic mass is 19.4. The number of halogens is 3. The van der Waals surface area contributed by atoms with Crippen molar-refractivity contribution < 1.29 is 27.8 Å². The summed E-state index contributed by atoms with van der Waals surface area (Å²) in [5.74, 6) is 0.362. The Bertz CT molecular complexity index is 1200. The molecule has 0 saturated carbocycles. The highest BCUT2D eigenvalue weighted by molar-refractivity contribution is 5.93. The fourth-order valence-electron chi connectivity index (χ4n) is 4.44. The van der Waals surface area contributed by atoms with Crippen molar-refractivity contribution in [1.29, 1.82) is 0 Å². The van der Waals surface area contributed by atoms with Gasteiger partial charge in [-0.3, -0.25) is 9.69 Å². The number of piperidine rings is 1. The van der Waals surface area contributed by atoms with Gasteiger partial charge >= 0.3 is 6.18 Å². The predicted molar refractivity (Wildman–Crippen MR) is 133 cm³/mol. The Morgan fingerprint density at radius 2 is 1.72 bits per heavy atom. The SMILES string of the molecule is CCOc1cc(CN2CCC(C(=O)Nc3cccc(-c4cccc(C(F)(F)F)c4)c3)CC2)ccc1O. The molecule has 1 aliphatic rings. The molecule has 1 heterocycles. The van der Waals surface area contributed by atoms with Gasteiger partial charge in [-0.15, -0.1) is 0 Å². The Balaban J connectivity index is 1.34. The number of amides is 1. The van der Waals surface area contributed by atoms with Gasteiger partial charge in [-0.25, -0.2) is 0 Å². The zero-order valence-corrected chi connectivity index (χ0v) is 20.0. The Morgan fingerprint density at radius 1 is 1.03 bits per heavy atom. The van der Waals surface area contributed by atoms with E-state index in [0.717, 1.165) is 30.8 Å². The van der Waals surface area contributed by atoms with E-state index in [0.29, 0.717) is 48.6 Å². The van der Waals surface area contributed by atoms with E-state index in [9.17, 15) is 23.1 Å². The average molecular weight is 499 g/mol. The van der Waals surface area contributed by atoms with Gasteiger partial charge in [-0.05, 0) is 85.9 Å². The Morgan fingerprint density at radius 3 is 2.42 bits per heavy atom. The van der Waals surface area contributed by atoms with Crippen LogP contribution in [-0.2, 0) is 17.5 Å². The van der Waals surface area contributed by atoms with E-state index in [4.69, 9.17) is 4.74 Å². The number of phenols is 1. The van der Waals surface area contributed by atoms with Gasteiger partial charge in [0.25, 0.3) is 0 Å². The minimum absolute atomic E-state index is 0.0842. The van der Waals surface area contributed by atoms with Crippen molar-refractivity contribution in [2.24, 2.45) is 5.92 Å². The van der Waals surface area contributed by atoms with Gasteiger partial charge in [0.2, 0.25) is 5.91 Å². The van der Waals surface area contributed by atoms with Crippen LogP contribution in [0.25, 0.3) is 11.1 Å². The molecule has 36 heavy (non-hydrogen) atoms. The molecule has 2 N–H and O–H groups in total. The maximum atomic E-state index is 13.1. The first-order valence-corrected chi connectivity index (χ1v) is 12.0. The molecule has 0 aliphatic carbocycles. The molecule has 0 unspecified atom stereocenters. The number of aromatic hydroxyl groups is 1. The number of carbonyl (C=O) groups excluding carboxylic acids is 1. The zero-order chi connectivity index (χ0) is 25.7. The quantitative estimate of drug-likeness (QED) is 0.400. The number of benzene rings is 3. The van der Waals surface area contributed by atoms with Gasteiger partial charge in [0.1, 0.15) is 0 Å². The monoisotopic (exact) mass is 498 g/mol. The molecule has 1 aliphatic heterocycles. The van der Waals surface area contributed by atoms with Gasteiger partial charge < -0.3 is 15.2 Å². The van der Waals surface area contributed by atoms with E-state index in [1.807, 2.05) is 19.1 Å².